The number of pyridine rings is 3. The maximum absolute atomic E-state index is 12.9. The first-order valence-electron chi connectivity index (χ1n) is 11.8. The molecule has 1 amide bonds. The minimum atomic E-state index is -0.0729. The van der Waals surface area contributed by atoms with Crippen molar-refractivity contribution in [1.82, 2.24) is 24.7 Å². The van der Waals surface area contributed by atoms with E-state index in [-0.39, 0.29) is 17.7 Å². The molecular formula is C28H25N7O. The number of hydrogen-bond donors (Lipinski definition) is 2. The maximum Gasteiger partial charge on any atom is 0.229 e. The SMILES string of the molecule is Cc1ccnc(-c2ccccc2)c1-c1cc2cc(NC(=O)C3CC3c3cnn(C)c3)ncc2c(N)n1. The van der Waals surface area contributed by atoms with Gasteiger partial charge in [0.1, 0.15) is 11.6 Å². The number of nitrogens with zero attached hydrogens (tertiary/aromatic N) is 5. The monoisotopic (exact) mass is 475 g/mol. The maximum atomic E-state index is 12.9. The number of nitrogens with one attached hydrogen (secondary N) is 1. The van der Waals surface area contributed by atoms with Gasteiger partial charge in [-0.15, -0.1) is 0 Å². The number of carbonyl (C=O) groups is 1. The molecule has 1 aromatic carbocycles. The molecule has 1 aliphatic carbocycles. The zero-order chi connectivity index (χ0) is 24.8. The normalized spacial score (nSPS) is 16.7. The molecule has 1 fully saturated rings. The molecule has 2 atom stereocenters. The van der Waals surface area contributed by atoms with Crippen LogP contribution >= 0.6 is 0 Å². The van der Waals surface area contributed by atoms with Gasteiger partial charge in [-0.05, 0) is 54.0 Å². The van der Waals surface area contributed by atoms with E-state index in [9.17, 15) is 4.79 Å². The van der Waals surface area contributed by atoms with Crippen LogP contribution in [0.25, 0.3) is 33.3 Å². The van der Waals surface area contributed by atoms with Gasteiger partial charge in [-0.3, -0.25) is 14.5 Å². The predicted octanol–water partition coefficient (Wildman–Crippen LogP) is 4.73. The minimum Gasteiger partial charge on any atom is -0.383 e. The highest BCUT2D eigenvalue weighted by Gasteiger charge is 2.44. The topological polar surface area (TPSA) is 112 Å². The smallest absolute Gasteiger partial charge is 0.229 e. The lowest BCUT2D eigenvalue weighted by molar-refractivity contribution is -0.117. The molecule has 2 unspecified atom stereocenters. The highest BCUT2D eigenvalue weighted by atomic mass is 16.2. The fourth-order valence-electron chi connectivity index (χ4n) is 4.77. The lowest BCUT2D eigenvalue weighted by Gasteiger charge is -2.14. The van der Waals surface area contributed by atoms with Gasteiger partial charge < -0.3 is 11.1 Å². The quantitative estimate of drug-likeness (QED) is 0.380. The van der Waals surface area contributed by atoms with Crippen molar-refractivity contribution in [1.29, 1.82) is 0 Å². The van der Waals surface area contributed by atoms with Gasteiger partial charge in [0.2, 0.25) is 5.91 Å². The number of anilines is 2. The summed E-state index contributed by atoms with van der Waals surface area (Å²) in [5, 5.41) is 8.78. The Kier molecular flexibility index (Phi) is 5.21. The van der Waals surface area contributed by atoms with E-state index in [4.69, 9.17) is 10.7 Å². The summed E-state index contributed by atoms with van der Waals surface area (Å²) in [6.07, 6.45) is 8.08. The average molecular weight is 476 g/mol. The zero-order valence-corrected chi connectivity index (χ0v) is 20.0. The second-order valence-electron chi connectivity index (χ2n) is 9.29. The molecule has 4 aromatic heterocycles. The van der Waals surface area contributed by atoms with Crippen molar-refractivity contribution in [3.8, 4) is 22.5 Å². The number of rotatable bonds is 5. The number of fused-ring (bicyclic) bond motifs is 1. The molecule has 6 rings (SSSR count). The number of nitrogen functional groups attached to an aromatic ring is 1. The van der Waals surface area contributed by atoms with Gasteiger partial charge in [0, 0.05) is 48.1 Å². The molecule has 0 bridgehead atoms. The van der Waals surface area contributed by atoms with Crippen LogP contribution in [0, 0.1) is 12.8 Å². The highest BCUT2D eigenvalue weighted by molar-refractivity contribution is 5.99. The first-order valence-corrected chi connectivity index (χ1v) is 11.8. The summed E-state index contributed by atoms with van der Waals surface area (Å²) < 4.78 is 1.76. The largest absolute Gasteiger partial charge is 0.383 e. The van der Waals surface area contributed by atoms with Crippen molar-refractivity contribution in [2.24, 2.45) is 13.0 Å². The lowest BCUT2D eigenvalue weighted by Crippen LogP contribution is -2.15. The van der Waals surface area contributed by atoms with E-state index in [1.165, 1.54) is 0 Å². The zero-order valence-electron chi connectivity index (χ0n) is 20.0. The number of carbonyl (C=O) groups excluding carboxylic acids is 1. The predicted molar refractivity (Wildman–Crippen MR) is 140 cm³/mol. The molecule has 0 saturated heterocycles. The summed E-state index contributed by atoms with van der Waals surface area (Å²) >= 11 is 0. The first kappa shape index (κ1) is 21.9. The summed E-state index contributed by atoms with van der Waals surface area (Å²) in [7, 11) is 1.88. The third-order valence-corrected chi connectivity index (χ3v) is 6.74. The Bertz CT molecular complexity index is 1610. The Morgan fingerprint density at radius 3 is 2.72 bits per heavy atom. The molecule has 0 spiro atoms. The van der Waals surface area contributed by atoms with Crippen molar-refractivity contribution in [2.75, 3.05) is 11.1 Å². The number of hydrogen-bond acceptors (Lipinski definition) is 6. The molecule has 5 aromatic rings. The fraction of sp³-hybridized carbons (Fsp3) is 0.179. The Morgan fingerprint density at radius 1 is 1.11 bits per heavy atom. The molecule has 0 aliphatic heterocycles. The van der Waals surface area contributed by atoms with Crippen molar-refractivity contribution in [2.45, 2.75) is 19.3 Å². The van der Waals surface area contributed by atoms with Crippen LogP contribution in [0.15, 0.2) is 73.3 Å². The van der Waals surface area contributed by atoms with Gasteiger partial charge in [0.25, 0.3) is 0 Å². The molecule has 36 heavy (non-hydrogen) atoms. The van der Waals surface area contributed by atoms with E-state index < -0.39 is 0 Å². The third kappa shape index (κ3) is 3.96. The van der Waals surface area contributed by atoms with E-state index in [0.717, 1.165) is 50.8 Å². The van der Waals surface area contributed by atoms with Crippen LogP contribution in [-0.2, 0) is 11.8 Å². The van der Waals surface area contributed by atoms with Crippen LogP contribution in [-0.4, -0.2) is 30.6 Å². The number of amides is 1. The summed E-state index contributed by atoms with van der Waals surface area (Å²) in [4.78, 5) is 26.7. The molecule has 0 radical (unpaired) electrons. The van der Waals surface area contributed by atoms with Crippen molar-refractivity contribution in [3.63, 3.8) is 0 Å². The van der Waals surface area contributed by atoms with Crippen molar-refractivity contribution in [3.05, 3.63) is 84.4 Å². The van der Waals surface area contributed by atoms with Gasteiger partial charge >= 0.3 is 0 Å². The number of benzene rings is 1. The minimum absolute atomic E-state index is 0.0348. The fourth-order valence-corrected chi connectivity index (χ4v) is 4.77. The van der Waals surface area contributed by atoms with Crippen LogP contribution in [0.5, 0.6) is 0 Å². The number of aromatic nitrogens is 5. The van der Waals surface area contributed by atoms with Gasteiger partial charge in [0.15, 0.2) is 0 Å². The molecule has 8 heteroatoms. The molecule has 178 valence electrons. The van der Waals surface area contributed by atoms with Gasteiger partial charge in [-0.25, -0.2) is 9.97 Å². The van der Waals surface area contributed by atoms with Crippen LogP contribution in [0.2, 0.25) is 0 Å². The van der Waals surface area contributed by atoms with Crippen LogP contribution in [0.3, 0.4) is 0 Å². The van der Waals surface area contributed by atoms with Crippen LogP contribution in [0.4, 0.5) is 11.6 Å². The Morgan fingerprint density at radius 2 is 1.94 bits per heavy atom. The average Bonchev–Trinajstić information content (AvgIpc) is 3.57. The molecule has 4 heterocycles. The second-order valence-corrected chi connectivity index (χ2v) is 9.29. The lowest BCUT2D eigenvalue weighted by atomic mass is 9.97. The summed E-state index contributed by atoms with van der Waals surface area (Å²) in [5.41, 5.74) is 12.0. The Labute approximate surface area is 208 Å². The number of nitrogens with two attached hydrogens (primary N) is 1. The van der Waals surface area contributed by atoms with E-state index in [1.807, 2.05) is 74.9 Å². The Hall–Kier alpha value is -4.59. The molecule has 1 aliphatic rings. The number of aryl methyl sites for hydroxylation is 2. The van der Waals surface area contributed by atoms with E-state index in [2.05, 4.69) is 20.4 Å². The van der Waals surface area contributed by atoms with Crippen LogP contribution in [0.1, 0.15) is 23.5 Å². The van der Waals surface area contributed by atoms with E-state index in [0.29, 0.717) is 11.6 Å². The van der Waals surface area contributed by atoms with Crippen molar-refractivity contribution >= 4 is 28.3 Å². The third-order valence-electron chi connectivity index (χ3n) is 6.74. The van der Waals surface area contributed by atoms with E-state index in [1.54, 1.807) is 17.1 Å². The molecule has 3 N–H and O–H groups in total. The van der Waals surface area contributed by atoms with Gasteiger partial charge in [-0.1, -0.05) is 30.3 Å². The molecule has 8 nitrogen and oxygen atoms in total. The van der Waals surface area contributed by atoms with Crippen molar-refractivity contribution < 1.29 is 4.79 Å². The van der Waals surface area contributed by atoms with Crippen LogP contribution < -0.4 is 11.1 Å². The first-order chi connectivity index (χ1) is 17.5. The summed E-state index contributed by atoms with van der Waals surface area (Å²) in [6.45, 7) is 2.04. The van der Waals surface area contributed by atoms with Gasteiger partial charge in [-0.2, -0.15) is 5.10 Å². The summed E-state index contributed by atoms with van der Waals surface area (Å²) in [5.74, 6) is 0.972. The summed E-state index contributed by atoms with van der Waals surface area (Å²) in [6, 6.07) is 15.8. The second kappa shape index (κ2) is 8.57. The standard InChI is InChI=1S/C28H25N7O/c1-16-8-9-30-26(17-6-4-3-5-7-17)25(16)23-10-18-11-24(31-14-22(18)27(29)33-23)34-28(36)21-12-20(21)19-13-32-35(2)15-19/h3-11,13-15,20-21H,12H2,1-2H3,(H2,29,33)(H,31,34,36). The molecular weight excluding hydrogens is 450 g/mol. The van der Waals surface area contributed by atoms with E-state index >= 15 is 0 Å². The Balaban J connectivity index is 1.33. The van der Waals surface area contributed by atoms with Gasteiger partial charge in [0.05, 0.1) is 17.6 Å². The molecule has 1 saturated carbocycles. The highest BCUT2D eigenvalue weighted by Crippen LogP contribution is 2.47.